The normalized spacial score (nSPS) is 10.7. The molecule has 0 aliphatic carbocycles. The monoisotopic (exact) mass is 347 g/mol. The van der Waals surface area contributed by atoms with Gasteiger partial charge in [-0.3, -0.25) is 0 Å². The number of anilines is 1. The van der Waals surface area contributed by atoms with E-state index in [0.717, 1.165) is 21.4 Å². The van der Waals surface area contributed by atoms with Gasteiger partial charge in [-0.25, -0.2) is 4.68 Å². The van der Waals surface area contributed by atoms with Crippen LogP contribution in [0.1, 0.15) is 0 Å². The van der Waals surface area contributed by atoms with Crippen molar-refractivity contribution in [1.29, 1.82) is 0 Å². The highest BCUT2D eigenvalue weighted by Gasteiger charge is 2.08. The average Bonchev–Trinajstić information content (AvgIpc) is 2.82. The van der Waals surface area contributed by atoms with Crippen molar-refractivity contribution in [2.24, 2.45) is 0 Å². The number of nitrogen functional groups attached to an aromatic ring is 1. The molecule has 0 amide bonds. The maximum Gasteiger partial charge on any atom is 0.127 e. The molecule has 2 aromatic carbocycles. The Morgan fingerprint density at radius 1 is 1.00 bits per heavy atom. The quantitative estimate of drug-likeness (QED) is 0.739. The van der Waals surface area contributed by atoms with Crippen LogP contribution in [0.3, 0.4) is 0 Å². The highest BCUT2D eigenvalue weighted by atomic mass is 79.9. The molecule has 3 nitrogen and oxygen atoms in total. The summed E-state index contributed by atoms with van der Waals surface area (Å²) in [6.45, 7) is 0. The second kappa shape index (κ2) is 5.31. The van der Waals surface area contributed by atoms with Crippen LogP contribution in [0.4, 0.5) is 5.82 Å². The number of benzene rings is 2. The van der Waals surface area contributed by atoms with Gasteiger partial charge in [-0.15, -0.1) is 0 Å². The first kappa shape index (κ1) is 13.2. The van der Waals surface area contributed by atoms with Gasteiger partial charge in [0.2, 0.25) is 0 Å². The van der Waals surface area contributed by atoms with E-state index < -0.39 is 0 Å². The Kier molecular flexibility index (Phi) is 3.51. The molecule has 3 aromatic rings. The fourth-order valence-electron chi connectivity index (χ4n) is 1.95. The lowest BCUT2D eigenvalue weighted by Gasteiger charge is -2.03. The van der Waals surface area contributed by atoms with E-state index >= 15 is 0 Å². The van der Waals surface area contributed by atoms with Gasteiger partial charge in [-0.05, 0) is 36.4 Å². The third-order valence-corrected chi connectivity index (χ3v) is 3.73. The fourth-order valence-corrected chi connectivity index (χ4v) is 2.34. The lowest BCUT2D eigenvalue weighted by atomic mass is 10.2. The summed E-state index contributed by atoms with van der Waals surface area (Å²) in [5.74, 6) is 0.588. The Hall–Kier alpha value is -1.78. The van der Waals surface area contributed by atoms with E-state index in [0.29, 0.717) is 10.8 Å². The SMILES string of the molecule is Nc1cc(-c2ccc(Br)cc2)nn1-c1ccc(Cl)cc1. The summed E-state index contributed by atoms with van der Waals surface area (Å²) in [6, 6.07) is 17.2. The second-order valence-electron chi connectivity index (χ2n) is 4.35. The first-order valence-corrected chi connectivity index (χ1v) is 7.18. The van der Waals surface area contributed by atoms with Crippen LogP contribution in [0.5, 0.6) is 0 Å². The van der Waals surface area contributed by atoms with E-state index in [9.17, 15) is 0 Å². The molecule has 1 heterocycles. The van der Waals surface area contributed by atoms with Gasteiger partial charge >= 0.3 is 0 Å². The van der Waals surface area contributed by atoms with Crippen LogP contribution < -0.4 is 5.73 Å². The van der Waals surface area contributed by atoms with Crippen molar-refractivity contribution in [3.8, 4) is 16.9 Å². The van der Waals surface area contributed by atoms with E-state index in [1.54, 1.807) is 4.68 Å². The number of hydrogen-bond acceptors (Lipinski definition) is 2. The predicted octanol–water partition coefficient (Wildman–Crippen LogP) is 4.54. The maximum atomic E-state index is 6.04. The van der Waals surface area contributed by atoms with Gasteiger partial charge in [-0.2, -0.15) is 5.10 Å². The molecule has 3 rings (SSSR count). The zero-order valence-electron chi connectivity index (χ0n) is 10.4. The van der Waals surface area contributed by atoms with Crippen LogP contribution >= 0.6 is 27.5 Å². The molecule has 2 N–H and O–H groups in total. The van der Waals surface area contributed by atoms with Gasteiger partial charge in [0.05, 0.1) is 11.4 Å². The summed E-state index contributed by atoms with van der Waals surface area (Å²) in [4.78, 5) is 0. The minimum absolute atomic E-state index is 0.588. The Morgan fingerprint density at radius 3 is 2.30 bits per heavy atom. The summed E-state index contributed by atoms with van der Waals surface area (Å²) < 4.78 is 2.74. The standard InChI is InChI=1S/C15H11BrClN3/c16-11-3-1-10(2-4-11)14-9-15(18)20(19-14)13-7-5-12(17)6-8-13/h1-9H,18H2. The molecule has 0 aliphatic rings. The topological polar surface area (TPSA) is 43.8 Å². The van der Waals surface area contributed by atoms with Crippen LogP contribution in [0.2, 0.25) is 5.02 Å². The number of nitrogens with zero attached hydrogens (tertiary/aromatic N) is 2. The minimum atomic E-state index is 0.588. The Morgan fingerprint density at radius 2 is 1.65 bits per heavy atom. The van der Waals surface area contributed by atoms with Gasteiger partial charge in [0, 0.05) is 21.1 Å². The summed E-state index contributed by atoms with van der Waals surface area (Å²) in [7, 11) is 0. The number of rotatable bonds is 2. The Balaban J connectivity index is 2.02. The van der Waals surface area contributed by atoms with E-state index in [-0.39, 0.29) is 0 Å². The molecule has 0 radical (unpaired) electrons. The van der Waals surface area contributed by atoms with Crippen molar-refractivity contribution in [1.82, 2.24) is 9.78 Å². The van der Waals surface area contributed by atoms with Crippen molar-refractivity contribution in [2.45, 2.75) is 0 Å². The highest BCUT2D eigenvalue weighted by Crippen LogP contribution is 2.24. The van der Waals surface area contributed by atoms with Crippen molar-refractivity contribution in [3.63, 3.8) is 0 Å². The average molecular weight is 349 g/mol. The van der Waals surface area contributed by atoms with Crippen LogP contribution in [-0.2, 0) is 0 Å². The van der Waals surface area contributed by atoms with Gasteiger partial charge in [0.25, 0.3) is 0 Å². The molecule has 0 saturated heterocycles. The number of nitrogens with two attached hydrogens (primary N) is 1. The van der Waals surface area contributed by atoms with Crippen molar-refractivity contribution in [3.05, 3.63) is 64.1 Å². The lowest BCUT2D eigenvalue weighted by molar-refractivity contribution is 0.895. The van der Waals surface area contributed by atoms with Gasteiger partial charge in [0.1, 0.15) is 5.82 Å². The maximum absolute atomic E-state index is 6.04. The molecule has 1 aromatic heterocycles. The zero-order chi connectivity index (χ0) is 14.1. The first-order chi connectivity index (χ1) is 9.63. The molecule has 0 bridgehead atoms. The third-order valence-electron chi connectivity index (χ3n) is 2.95. The molecule has 0 aliphatic heterocycles. The molecule has 0 saturated carbocycles. The molecule has 0 spiro atoms. The molecular weight excluding hydrogens is 338 g/mol. The molecule has 5 heteroatoms. The molecule has 100 valence electrons. The second-order valence-corrected chi connectivity index (χ2v) is 5.70. The van der Waals surface area contributed by atoms with Crippen LogP contribution in [0, 0.1) is 0 Å². The van der Waals surface area contributed by atoms with Crippen molar-refractivity contribution in [2.75, 3.05) is 5.73 Å². The molecule has 0 atom stereocenters. The summed E-state index contributed by atoms with van der Waals surface area (Å²) in [5.41, 5.74) is 8.78. The predicted molar refractivity (Wildman–Crippen MR) is 86.1 cm³/mol. The molecule has 0 unspecified atom stereocenters. The fraction of sp³-hybridized carbons (Fsp3) is 0. The smallest absolute Gasteiger partial charge is 0.127 e. The number of aromatic nitrogens is 2. The number of halogens is 2. The van der Waals surface area contributed by atoms with E-state index in [1.165, 1.54) is 0 Å². The van der Waals surface area contributed by atoms with Crippen LogP contribution in [-0.4, -0.2) is 9.78 Å². The summed E-state index contributed by atoms with van der Waals surface area (Å²) in [6.07, 6.45) is 0. The van der Waals surface area contributed by atoms with E-state index in [2.05, 4.69) is 21.0 Å². The third kappa shape index (κ3) is 2.57. The van der Waals surface area contributed by atoms with Crippen LogP contribution in [0.25, 0.3) is 16.9 Å². The first-order valence-electron chi connectivity index (χ1n) is 6.01. The Bertz CT molecular complexity index is 733. The van der Waals surface area contributed by atoms with E-state index in [1.807, 2.05) is 54.6 Å². The largest absolute Gasteiger partial charge is 0.384 e. The summed E-state index contributed by atoms with van der Waals surface area (Å²) >= 11 is 9.31. The van der Waals surface area contributed by atoms with Crippen LogP contribution in [0.15, 0.2) is 59.1 Å². The molecular formula is C15H11BrClN3. The lowest BCUT2D eigenvalue weighted by Crippen LogP contribution is -2.01. The minimum Gasteiger partial charge on any atom is -0.384 e. The van der Waals surface area contributed by atoms with Crippen molar-refractivity contribution >= 4 is 33.3 Å². The number of hydrogen-bond donors (Lipinski definition) is 1. The summed E-state index contributed by atoms with van der Waals surface area (Å²) in [5, 5.41) is 5.23. The molecule has 20 heavy (non-hydrogen) atoms. The van der Waals surface area contributed by atoms with Gasteiger partial charge in [0.15, 0.2) is 0 Å². The zero-order valence-corrected chi connectivity index (χ0v) is 12.8. The van der Waals surface area contributed by atoms with E-state index in [4.69, 9.17) is 17.3 Å². The highest BCUT2D eigenvalue weighted by molar-refractivity contribution is 9.10. The van der Waals surface area contributed by atoms with Gasteiger partial charge in [-0.1, -0.05) is 39.7 Å². The van der Waals surface area contributed by atoms with Gasteiger partial charge < -0.3 is 5.73 Å². The Labute approximate surface area is 130 Å². The molecule has 0 fully saturated rings. The van der Waals surface area contributed by atoms with Crippen molar-refractivity contribution < 1.29 is 0 Å².